The molecule has 0 aliphatic carbocycles. The van der Waals surface area contributed by atoms with Gasteiger partial charge in [0, 0.05) is 31.2 Å². The van der Waals surface area contributed by atoms with E-state index in [1.165, 1.54) is 16.8 Å². The van der Waals surface area contributed by atoms with Gasteiger partial charge in [-0.3, -0.25) is 0 Å². The summed E-state index contributed by atoms with van der Waals surface area (Å²) in [5, 5.41) is 3.45. The van der Waals surface area contributed by atoms with Crippen LogP contribution in [0.2, 0.25) is 0 Å². The largest absolute Gasteiger partial charge is 0.493 e. The van der Waals surface area contributed by atoms with Gasteiger partial charge in [-0.15, -0.1) is 0 Å². The monoisotopic (exact) mass is 367 g/mol. The Hall–Kier alpha value is -2.69. The minimum absolute atomic E-state index is 0.346. The molecular formula is C21H29N5O. The number of azide groups is 1. The first kappa shape index (κ1) is 20.6. The molecule has 0 unspecified atom stereocenters. The average molecular weight is 367 g/mol. The molecule has 0 atom stereocenters. The highest BCUT2D eigenvalue weighted by molar-refractivity contribution is 5.46. The number of aryl methyl sites for hydroxylation is 1. The molecule has 6 nitrogen and oxygen atoms in total. The van der Waals surface area contributed by atoms with Crippen LogP contribution >= 0.6 is 0 Å². The summed E-state index contributed by atoms with van der Waals surface area (Å²) in [7, 11) is 6.28. The third-order valence-electron chi connectivity index (χ3n) is 4.36. The third kappa shape index (κ3) is 7.60. The molecule has 0 spiro atoms. The molecule has 0 radical (unpaired) electrons. The lowest BCUT2D eigenvalue weighted by Gasteiger charge is -2.17. The van der Waals surface area contributed by atoms with Gasteiger partial charge in [-0.05, 0) is 67.4 Å². The molecule has 2 aromatic carbocycles. The first-order valence-electron chi connectivity index (χ1n) is 9.26. The van der Waals surface area contributed by atoms with Crippen LogP contribution < -0.4 is 9.64 Å². The van der Waals surface area contributed by atoms with Crippen molar-refractivity contribution < 1.29 is 4.74 Å². The van der Waals surface area contributed by atoms with Gasteiger partial charge in [-0.25, -0.2) is 0 Å². The minimum Gasteiger partial charge on any atom is -0.493 e. The second kappa shape index (κ2) is 11.1. The van der Waals surface area contributed by atoms with E-state index in [4.69, 9.17) is 10.3 Å². The summed E-state index contributed by atoms with van der Waals surface area (Å²) in [6, 6.07) is 16.9. The molecule has 0 N–H and O–H groups in total. The van der Waals surface area contributed by atoms with Gasteiger partial charge in [0.25, 0.3) is 0 Å². The number of hydrogen-bond acceptors (Lipinski definition) is 4. The number of ether oxygens (including phenoxy) is 1. The SMILES string of the molecule is CN(CCCc1ccc(N(C)C)cc1)Cc1ccc(OCCN=[N+]=[N-])cc1. The Bertz CT molecular complexity index is 721. The Labute approximate surface area is 162 Å². The second-order valence-corrected chi connectivity index (χ2v) is 6.85. The molecule has 144 valence electrons. The third-order valence-corrected chi connectivity index (χ3v) is 4.36. The van der Waals surface area contributed by atoms with Crippen molar-refractivity contribution in [3.05, 3.63) is 70.1 Å². The van der Waals surface area contributed by atoms with Gasteiger partial charge in [-0.2, -0.15) is 0 Å². The molecule has 0 aromatic heterocycles. The summed E-state index contributed by atoms with van der Waals surface area (Å²) in [5.74, 6) is 0.802. The molecular weight excluding hydrogens is 338 g/mol. The van der Waals surface area contributed by atoms with Crippen LogP contribution in [0, 0.1) is 0 Å². The number of hydrogen-bond donors (Lipinski definition) is 0. The molecule has 0 aliphatic heterocycles. The fraction of sp³-hybridized carbons (Fsp3) is 0.429. The standard InChI is InChI=1S/C21H29N5O/c1-25(2)20-10-6-18(7-11-20)5-4-15-26(3)17-19-8-12-21(13-9-19)27-16-14-23-24-22/h6-13H,4-5,14-17H2,1-3H3. The maximum atomic E-state index is 8.24. The number of nitrogens with zero attached hydrogens (tertiary/aromatic N) is 5. The predicted octanol–water partition coefficient (Wildman–Crippen LogP) is 4.51. The molecule has 0 amide bonds. The second-order valence-electron chi connectivity index (χ2n) is 6.85. The van der Waals surface area contributed by atoms with Crippen LogP contribution in [0.4, 0.5) is 5.69 Å². The van der Waals surface area contributed by atoms with Crippen LogP contribution in [0.3, 0.4) is 0 Å². The molecule has 0 saturated heterocycles. The van der Waals surface area contributed by atoms with Gasteiger partial charge in [0.2, 0.25) is 0 Å². The highest BCUT2D eigenvalue weighted by Crippen LogP contribution is 2.15. The first-order valence-corrected chi connectivity index (χ1v) is 9.26. The van der Waals surface area contributed by atoms with Gasteiger partial charge >= 0.3 is 0 Å². The van der Waals surface area contributed by atoms with E-state index < -0.39 is 0 Å². The fourth-order valence-electron chi connectivity index (χ4n) is 2.84. The van der Waals surface area contributed by atoms with Gasteiger partial charge in [0.1, 0.15) is 5.75 Å². The maximum absolute atomic E-state index is 8.24. The summed E-state index contributed by atoms with van der Waals surface area (Å²) in [6.07, 6.45) is 2.23. The van der Waals surface area contributed by atoms with Crippen molar-refractivity contribution >= 4 is 5.69 Å². The van der Waals surface area contributed by atoms with Gasteiger partial charge in [0.15, 0.2) is 0 Å². The molecule has 0 heterocycles. The average Bonchev–Trinajstić information content (AvgIpc) is 2.67. The number of anilines is 1. The van der Waals surface area contributed by atoms with E-state index >= 15 is 0 Å². The lowest BCUT2D eigenvalue weighted by Crippen LogP contribution is -2.19. The van der Waals surface area contributed by atoms with Crippen LogP contribution in [0.15, 0.2) is 53.6 Å². The smallest absolute Gasteiger partial charge is 0.119 e. The number of benzene rings is 2. The molecule has 2 aromatic rings. The Morgan fingerprint density at radius 1 is 0.963 bits per heavy atom. The van der Waals surface area contributed by atoms with Crippen LogP contribution in [0.1, 0.15) is 17.5 Å². The van der Waals surface area contributed by atoms with E-state index in [0.717, 1.165) is 31.7 Å². The fourth-order valence-corrected chi connectivity index (χ4v) is 2.84. The molecule has 0 fully saturated rings. The van der Waals surface area contributed by atoms with Crippen LogP contribution in [-0.2, 0) is 13.0 Å². The topological polar surface area (TPSA) is 64.5 Å². The van der Waals surface area contributed by atoms with Crippen molar-refractivity contribution in [1.29, 1.82) is 0 Å². The van der Waals surface area contributed by atoms with Crippen molar-refractivity contribution in [3.63, 3.8) is 0 Å². The zero-order valence-corrected chi connectivity index (χ0v) is 16.5. The van der Waals surface area contributed by atoms with E-state index in [9.17, 15) is 0 Å². The molecule has 0 saturated carbocycles. The van der Waals surface area contributed by atoms with Crippen molar-refractivity contribution in [1.82, 2.24) is 4.90 Å². The summed E-state index contributed by atoms with van der Waals surface area (Å²) in [6.45, 7) is 2.72. The van der Waals surface area contributed by atoms with E-state index in [1.807, 2.05) is 12.1 Å². The lowest BCUT2D eigenvalue weighted by molar-refractivity contribution is 0.319. The molecule has 0 bridgehead atoms. The van der Waals surface area contributed by atoms with Gasteiger partial charge in [-0.1, -0.05) is 29.4 Å². The summed E-state index contributed by atoms with van der Waals surface area (Å²) < 4.78 is 5.52. The van der Waals surface area contributed by atoms with E-state index in [2.05, 4.69) is 77.4 Å². The van der Waals surface area contributed by atoms with Gasteiger partial charge in [0.05, 0.1) is 13.2 Å². The Balaban J connectivity index is 1.70. The van der Waals surface area contributed by atoms with E-state index in [-0.39, 0.29) is 0 Å². The summed E-state index contributed by atoms with van der Waals surface area (Å²) >= 11 is 0. The molecule has 0 aliphatic rings. The number of rotatable bonds is 11. The predicted molar refractivity (Wildman–Crippen MR) is 111 cm³/mol. The highest BCUT2D eigenvalue weighted by Gasteiger charge is 2.03. The molecule has 27 heavy (non-hydrogen) atoms. The highest BCUT2D eigenvalue weighted by atomic mass is 16.5. The summed E-state index contributed by atoms with van der Waals surface area (Å²) in [5.41, 5.74) is 12.1. The molecule has 2 rings (SSSR count). The maximum Gasteiger partial charge on any atom is 0.119 e. The van der Waals surface area contributed by atoms with E-state index in [0.29, 0.717) is 13.2 Å². The van der Waals surface area contributed by atoms with Crippen LogP contribution in [-0.4, -0.2) is 45.7 Å². The minimum atomic E-state index is 0.346. The Kier molecular flexibility index (Phi) is 8.49. The molecule has 6 heteroatoms. The van der Waals surface area contributed by atoms with Gasteiger partial charge < -0.3 is 14.5 Å². The zero-order valence-electron chi connectivity index (χ0n) is 16.5. The zero-order chi connectivity index (χ0) is 19.5. The Morgan fingerprint density at radius 3 is 2.26 bits per heavy atom. The van der Waals surface area contributed by atoms with E-state index in [1.54, 1.807) is 0 Å². The van der Waals surface area contributed by atoms with Crippen molar-refractivity contribution in [2.75, 3.05) is 45.7 Å². The lowest BCUT2D eigenvalue weighted by atomic mass is 10.1. The first-order chi connectivity index (χ1) is 13.1. The van der Waals surface area contributed by atoms with Crippen LogP contribution in [0.5, 0.6) is 5.75 Å². The van der Waals surface area contributed by atoms with Crippen molar-refractivity contribution in [2.24, 2.45) is 5.11 Å². The summed E-state index contributed by atoms with van der Waals surface area (Å²) in [4.78, 5) is 7.16. The quantitative estimate of drug-likeness (QED) is 0.254. The normalized spacial score (nSPS) is 10.5. The Morgan fingerprint density at radius 2 is 1.63 bits per heavy atom. The van der Waals surface area contributed by atoms with Crippen LogP contribution in [0.25, 0.3) is 10.4 Å². The van der Waals surface area contributed by atoms with Crippen molar-refractivity contribution in [3.8, 4) is 5.75 Å². The van der Waals surface area contributed by atoms with Crippen molar-refractivity contribution in [2.45, 2.75) is 19.4 Å².